The first-order valence-corrected chi connectivity index (χ1v) is 7.61. The van der Waals surface area contributed by atoms with Crippen molar-refractivity contribution in [1.82, 2.24) is 4.98 Å². The standard InChI is InChI=1S/C14H19N3S/c15-13-11(6-7-12-14(13)16-10-18-12)17-8-4-2-1-3-5-9-17/h6-7,10H,1-5,8-9,15H2. The molecule has 0 spiro atoms. The summed E-state index contributed by atoms with van der Waals surface area (Å²) in [6.45, 7) is 2.25. The van der Waals surface area contributed by atoms with E-state index in [9.17, 15) is 0 Å². The Bertz CT molecular complexity index is 527. The highest BCUT2D eigenvalue weighted by molar-refractivity contribution is 7.16. The Labute approximate surface area is 112 Å². The number of nitrogen functional groups attached to an aromatic ring is 1. The van der Waals surface area contributed by atoms with E-state index in [2.05, 4.69) is 22.0 Å². The molecule has 3 nitrogen and oxygen atoms in total. The largest absolute Gasteiger partial charge is 0.395 e. The van der Waals surface area contributed by atoms with Crippen molar-refractivity contribution < 1.29 is 0 Å². The molecule has 2 N–H and O–H groups in total. The van der Waals surface area contributed by atoms with Gasteiger partial charge in [0.15, 0.2) is 0 Å². The SMILES string of the molecule is Nc1c(N2CCCCCCC2)ccc2scnc12. The van der Waals surface area contributed by atoms with Crippen LogP contribution in [0, 0.1) is 0 Å². The molecule has 1 aromatic heterocycles. The van der Waals surface area contributed by atoms with E-state index in [1.807, 2.05) is 5.51 Å². The van der Waals surface area contributed by atoms with Gasteiger partial charge in [0.1, 0.15) is 5.52 Å². The van der Waals surface area contributed by atoms with Gasteiger partial charge >= 0.3 is 0 Å². The summed E-state index contributed by atoms with van der Waals surface area (Å²) in [6.07, 6.45) is 6.61. The molecule has 0 unspecified atom stereocenters. The Morgan fingerprint density at radius 2 is 1.78 bits per heavy atom. The van der Waals surface area contributed by atoms with Crippen LogP contribution in [0.5, 0.6) is 0 Å². The van der Waals surface area contributed by atoms with Crippen molar-refractivity contribution >= 4 is 32.9 Å². The van der Waals surface area contributed by atoms with E-state index >= 15 is 0 Å². The highest BCUT2D eigenvalue weighted by atomic mass is 32.1. The van der Waals surface area contributed by atoms with Crippen LogP contribution < -0.4 is 10.6 Å². The van der Waals surface area contributed by atoms with Crippen molar-refractivity contribution in [3.63, 3.8) is 0 Å². The van der Waals surface area contributed by atoms with Crippen LogP contribution in [0.3, 0.4) is 0 Å². The Morgan fingerprint density at radius 3 is 2.56 bits per heavy atom. The number of nitrogens with two attached hydrogens (primary N) is 1. The molecule has 3 rings (SSSR count). The van der Waals surface area contributed by atoms with Gasteiger partial charge in [0.2, 0.25) is 0 Å². The highest BCUT2D eigenvalue weighted by Gasteiger charge is 2.14. The van der Waals surface area contributed by atoms with Crippen LogP contribution in [0.25, 0.3) is 10.2 Å². The van der Waals surface area contributed by atoms with Crippen LogP contribution in [-0.4, -0.2) is 18.1 Å². The molecular weight excluding hydrogens is 242 g/mol. The number of aromatic nitrogens is 1. The van der Waals surface area contributed by atoms with Crippen molar-refractivity contribution in [2.75, 3.05) is 23.7 Å². The molecule has 18 heavy (non-hydrogen) atoms. The van der Waals surface area contributed by atoms with Gasteiger partial charge < -0.3 is 10.6 Å². The Balaban J connectivity index is 1.93. The van der Waals surface area contributed by atoms with Crippen LogP contribution in [-0.2, 0) is 0 Å². The van der Waals surface area contributed by atoms with Crippen LogP contribution in [0.15, 0.2) is 17.6 Å². The lowest BCUT2D eigenvalue weighted by atomic mass is 10.1. The number of rotatable bonds is 1. The van der Waals surface area contributed by atoms with Gasteiger partial charge in [-0.3, -0.25) is 0 Å². The average Bonchev–Trinajstić information content (AvgIpc) is 2.79. The van der Waals surface area contributed by atoms with Crippen molar-refractivity contribution in [2.45, 2.75) is 32.1 Å². The molecule has 0 radical (unpaired) electrons. The quantitative estimate of drug-likeness (QED) is 0.797. The molecule has 1 aliphatic rings. The summed E-state index contributed by atoms with van der Waals surface area (Å²) < 4.78 is 1.18. The first-order chi connectivity index (χ1) is 8.86. The molecule has 2 heterocycles. The van der Waals surface area contributed by atoms with Crippen LogP contribution in [0.1, 0.15) is 32.1 Å². The molecule has 0 bridgehead atoms. The second-order valence-corrected chi connectivity index (χ2v) is 5.84. The van der Waals surface area contributed by atoms with E-state index in [4.69, 9.17) is 5.73 Å². The van der Waals surface area contributed by atoms with E-state index in [1.54, 1.807) is 11.3 Å². The first kappa shape index (κ1) is 11.8. The molecule has 1 aliphatic heterocycles. The maximum Gasteiger partial charge on any atom is 0.106 e. The second kappa shape index (κ2) is 5.14. The van der Waals surface area contributed by atoms with Gasteiger partial charge in [-0.05, 0) is 25.0 Å². The summed E-state index contributed by atoms with van der Waals surface area (Å²) in [5.74, 6) is 0. The van der Waals surface area contributed by atoms with E-state index < -0.39 is 0 Å². The van der Waals surface area contributed by atoms with E-state index in [0.29, 0.717) is 0 Å². The summed E-state index contributed by atoms with van der Waals surface area (Å²) in [6, 6.07) is 4.31. The zero-order chi connectivity index (χ0) is 12.4. The average molecular weight is 261 g/mol. The van der Waals surface area contributed by atoms with E-state index in [1.165, 1.54) is 42.5 Å². The lowest BCUT2D eigenvalue weighted by Crippen LogP contribution is -2.27. The van der Waals surface area contributed by atoms with Crippen LogP contribution in [0.4, 0.5) is 11.4 Å². The number of benzene rings is 1. The molecule has 1 fully saturated rings. The molecule has 0 saturated carbocycles. The fourth-order valence-corrected chi connectivity index (χ4v) is 3.40. The second-order valence-electron chi connectivity index (χ2n) is 4.95. The lowest BCUT2D eigenvalue weighted by molar-refractivity contribution is 0.557. The fraction of sp³-hybridized carbons (Fsp3) is 0.500. The predicted molar refractivity (Wildman–Crippen MR) is 79.3 cm³/mol. The number of thiazole rings is 1. The molecular formula is C14H19N3S. The summed E-state index contributed by atoms with van der Waals surface area (Å²) in [4.78, 5) is 6.82. The van der Waals surface area contributed by atoms with Crippen molar-refractivity contribution in [2.24, 2.45) is 0 Å². The van der Waals surface area contributed by atoms with Gasteiger partial charge in [-0.15, -0.1) is 11.3 Å². The van der Waals surface area contributed by atoms with Crippen molar-refractivity contribution in [3.05, 3.63) is 17.6 Å². The minimum absolute atomic E-state index is 0.856. The number of anilines is 2. The molecule has 0 amide bonds. The van der Waals surface area contributed by atoms with Crippen LogP contribution >= 0.6 is 11.3 Å². The monoisotopic (exact) mass is 261 g/mol. The maximum absolute atomic E-state index is 6.29. The molecule has 1 aromatic carbocycles. The summed E-state index contributed by atoms with van der Waals surface area (Å²) in [5, 5.41) is 0. The fourth-order valence-electron chi connectivity index (χ4n) is 2.71. The van der Waals surface area contributed by atoms with Gasteiger partial charge in [-0.2, -0.15) is 0 Å². The van der Waals surface area contributed by atoms with Crippen LogP contribution in [0.2, 0.25) is 0 Å². The van der Waals surface area contributed by atoms with Crippen molar-refractivity contribution in [1.29, 1.82) is 0 Å². The minimum atomic E-state index is 0.856. The maximum atomic E-state index is 6.29. The Kier molecular flexibility index (Phi) is 3.37. The lowest BCUT2D eigenvalue weighted by Gasteiger charge is -2.28. The first-order valence-electron chi connectivity index (χ1n) is 6.73. The summed E-state index contributed by atoms with van der Waals surface area (Å²) in [5.41, 5.74) is 11.2. The molecule has 0 aliphatic carbocycles. The van der Waals surface area contributed by atoms with E-state index in [0.717, 1.165) is 24.3 Å². The number of hydrogen-bond donors (Lipinski definition) is 1. The minimum Gasteiger partial charge on any atom is -0.395 e. The topological polar surface area (TPSA) is 42.1 Å². The number of nitrogens with zero attached hydrogens (tertiary/aromatic N) is 2. The Hall–Kier alpha value is -1.29. The third-order valence-electron chi connectivity index (χ3n) is 3.72. The van der Waals surface area contributed by atoms with E-state index in [-0.39, 0.29) is 0 Å². The summed E-state index contributed by atoms with van der Waals surface area (Å²) in [7, 11) is 0. The molecule has 96 valence electrons. The van der Waals surface area contributed by atoms with Gasteiger partial charge in [0, 0.05) is 13.1 Å². The zero-order valence-electron chi connectivity index (χ0n) is 10.6. The molecule has 1 saturated heterocycles. The summed E-state index contributed by atoms with van der Waals surface area (Å²) >= 11 is 1.65. The van der Waals surface area contributed by atoms with Gasteiger partial charge in [0.05, 0.1) is 21.6 Å². The van der Waals surface area contributed by atoms with Gasteiger partial charge in [-0.25, -0.2) is 4.98 Å². The Morgan fingerprint density at radius 1 is 1.06 bits per heavy atom. The third kappa shape index (κ3) is 2.17. The molecule has 4 heteroatoms. The normalized spacial score (nSPS) is 17.7. The molecule has 0 atom stereocenters. The van der Waals surface area contributed by atoms with Crippen molar-refractivity contribution in [3.8, 4) is 0 Å². The third-order valence-corrected chi connectivity index (χ3v) is 4.51. The zero-order valence-corrected chi connectivity index (χ0v) is 11.4. The smallest absolute Gasteiger partial charge is 0.106 e. The number of fused-ring (bicyclic) bond motifs is 1. The predicted octanol–water partition coefficient (Wildman–Crippen LogP) is 3.65. The van der Waals surface area contributed by atoms with Gasteiger partial charge in [-0.1, -0.05) is 19.3 Å². The molecule has 2 aromatic rings. The number of hydrogen-bond acceptors (Lipinski definition) is 4. The highest BCUT2D eigenvalue weighted by Crippen LogP contribution is 2.33. The van der Waals surface area contributed by atoms with Gasteiger partial charge in [0.25, 0.3) is 0 Å².